The minimum atomic E-state index is -5.05. The number of nitrogens with one attached hydrogen (secondary N) is 1. The van der Waals surface area contributed by atoms with E-state index in [1.54, 1.807) is 7.05 Å². The van der Waals surface area contributed by atoms with Crippen molar-refractivity contribution in [3.63, 3.8) is 0 Å². The fourth-order valence-electron chi connectivity index (χ4n) is 3.78. The van der Waals surface area contributed by atoms with Crippen molar-refractivity contribution < 1.29 is 40.7 Å². The standard InChI is InChI=1S/C21H18F6N6O3/c1-3-19(8-9-33(17(19)34)18(35)21(25,26)27)16-30-29-15(36-16)13-10-32(2)31-14(13)28-12-6-4-11(5-7-12)20(22,23)24/h3-7,10,18,35H,1,8-9H2,2H3,(H,28,31)/t18?,19-/m0/s1. The van der Waals surface area contributed by atoms with E-state index < -0.39 is 42.0 Å². The molecule has 0 bridgehead atoms. The quantitative estimate of drug-likeness (QED) is 0.379. The van der Waals surface area contributed by atoms with Gasteiger partial charge >= 0.3 is 12.4 Å². The van der Waals surface area contributed by atoms with E-state index in [1.165, 1.54) is 23.0 Å². The maximum absolute atomic E-state index is 13.0. The van der Waals surface area contributed by atoms with Gasteiger partial charge < -0.3 is 19.7 Å². The summed E-state index contributed by atoms with van der Waals surface area (Å²) in [5.74, 6) is -1.46. The van der Waals surface area contributed by atoms with E-state index in [4.69, 9.17) is 4.42 Å². The van der Waals surface area contributed by atoms with Crippen LogP contribution in [-0.2, 0) is 23.4 Å². The predicted octanol–water partition coefficient (Wildman–Crippen LogP) is 3.77. The van der Waals surface area contributed by atoms with Crippen LogP contribution in [0, 0.1) is 0 Å². The van der Waals surface area contributed by atoms with Gasteiger partial charge in [-0.15, -0.1) is 16.8 Å². The van der Waals surface area contributed by atoms with Crippen molar-refractivity contribution in [2.45, 2.75) is 30.4 Å². The summed E-state index contributed by atoms with van der Waals surface area (Å²) < 4.78 is 84.4. The Morgan fingerprint density at radius 2 is 1.86 bits per heavy atom. The van der Waals surface area contributed by atoms with Gasteiger partial charge in [0.2, 0.25) is 18.0 Å². The lowest BCUT2D eigenvalue weighted by atomic mass is 9.86. The Balaban J connectivity index is 1.62. The fraction of sp³-hybridized carbons (Fsp3) is 0.333. The molecule has 0 aliphatic carbocycles. The molecule has 9 nitrogen and oxygen atoms in total. The molecule has 15 heteroatoms. The molecule has 192 valence electrons. The molecule has 1 unspecified atom stereocenters. The first-order chi connectivity index (χ1) is 16.8. The molecule has 1 aliphatic heterocycles. The van der Waals surface area contributed by atoms with Gasteiger partial charge in [-0.2, -0.15) is 31.4 Å². The normalized spacial score (nSPS) is 19.6. The molecule has 1 aliphatic rings. The number of hydrogen-bond acceptors (Lipinski definition) is 7. The van der Waals surface area contributed by atoms with Crippen molar-refractivity contribution in [1.29, 1.82) is 0 Å². The number of aryl methyl sites for hydroxylation is 1. The minimum absolute atomic E-state index is 0.131. The molecular weight excluding hydrogens is 498 g/mol. The minimum Gasteiger partial charge on any atom is -0.419 e. The van der Waals surface area contributed by atoms with E-state index in [9.17, 15) is 36.2 Å². The Morgan fingerprint density at radius 1 is 1.19 bits per heavy atom. The van der Waals surface area contributed by atoms with Crippen LogP contribution in [0.3, 0.4) is 0 Å². The van der Waals surface area contributed by atoms with Gasteiger partial charge in [-0.3, -0.25) is 9.48 Å². The summed E-state index contributed by atoms with van der Waals surface area (Å²) in [6.45, 7) is 3.10. The highest BCUT2D eigenvalue weighted by Crippen LogP contribution is 2.41. The molecule has 1 amide bonds. The highest BCUT2D eigenvalue weighted by Gasteiger charge is 2.56. The molecule has 0 saturated carbocycles. The second-order valence-corrected chi connectivity index (χ2v) is 8.02. The van der Waals surface area contributed by atoms with Crippen LogP contribution >= 0.6 is 0 Å². The number of alkyl halides is 6. The average molecular weight is 516 g/mol. The molecule has 2 aromatic heterocycles. The maximum atomic E-state index is 13.0. The number of amides is 1. The summed E-state index contributed by atoms with van der Waals surface area (Å²) in [5, 5.41) is 24.3. The molecule has 0 spiro atoms. The summed E-state index contributed by atoms with van der Waals surface area (Å²) in [5.41, 5.74) is -2.14. The van der Waals surface area contributed by atoms with Gasteiger partial charge in [0.1, 0.15) is 11.0 Å². The lowest BCUT2D eigenvalue weighted by Crippen LogP contribution is -2.49. The van der Waals surface area contributed by atoms with E-state index in [-0.39, 0.29) is 40.2 Å². The molecule has 2 atom stereocenters. The van der Waals surface area contributed by atoms with Crippen molar-refractivity contribution in [3.05, 3.63) is 54.6 Å². The third-order valence-corrected chi connectivity index (χ3v) is 5.67. The molecule has 1 aromatic carbocycles. The van der Waals surface area contributed by atoms with Gasteiger partial charge in [0, 0.05) is 25.5 Å². The highest BCUT2D eigenvalue weighted by atomic mass is 19.4. The van der Waals surface area contributed by atoms with Crippen LogP contribution in [0.15, 0.2) is 47.5 Å². The zero-order valence-electron chi connectivity index (χ0n) is 18.4. The van der Waals surface area contributed by atoms with Crippen molar-refractivity contribution in [1.82, 2.24) is 24.9 Å². The van der Waals surface area contributed by atoms with Crippen molar-refractivity contribution in [2.24, 2.45) is 7.05 Å². The van der Waals surface area contributed by atoms with Gasteiger partial charge in [-0.05, 0) is 30.7 Å². The molecule has 4 rings (SSSR count). The molecular formula is C21H18F6N6O3. The Labute approximate surface area is 199 Å². The first-order valence-electron chi connectivity index (χ1n) is 10.3. The first kappa shape index (κ1) is 25.2. The highest BCUT2D eigenvalue weighted by molar-refractivity contribution is 5.91. The monoisotopic (exact) mass is 516 g/mol. The van der Waals surface area contributed by atoms with Crippen LogP contribution in [0.5, 0.6) is 0 Å². The number of anilines is 2. The van der Waals surface area contributed by atoms with Crippen LogP contribution in [0.25, 0.3) is 11.5 Å². The number of benzene rings is 1. The molecule has 1 fully saturated rings. The topological polar surface area (TPSA) is 109 Å². The van der Waals surface area contributed by atoms with E-state index >= 15 is 0 Å². The lowest BCUT2D eigenvalue weighted by Gasteiger charge is -2.26. The third kappa shape index (κ3) is 4.41. The Morgan fingerprint density at radius 3 is 2.44 bits per heavy atom. The zero-order valence-corrected chi connectivity index (χ0v) is 18.4. The van der Waals surface area contributed by atoms with Gasteiger partial charge in [-0.1, -0.05) is 6.08 Å². The van der Waals surface area contributed by atoms with E-state index in [0.717, 1.165) is 18.2 Å². The zero-order chi connectivity index (χ0) is 26.5. The molecule has 36 heavy (non-hydrogen) atoms. The number of aliphatic hydroxyl groups is 1. The number of carbonyl (C=O) groups is 1. The Hall–Kier alpha value is -3.88. The summed E-state index contributed by atoms with van der Waals surface area (Å²) >= 11 is 0. The third-order valence-electron chi connectivity index (χ3n) is 5.67. The Bertz CT molecular complexity index is 1280. The Kier molecular flexibility index (Phi) is 6.06. The molecule has 1 saturated heterocycles. The number of carbonyl (C=O) groups excluding carboxylic acids is 1. The first-order valence-corrected chi connectivity index (χ1v) is 10.3. The lowest BCUT2D eigenvalue weighted by molar-refractivity contribution is -0.245. The van der Waals surface area contributed by atoms with Crippen LogP contribution in [-0.4, -0.2) is 54.8 Å². The number of aliphatic hydroxyl groups excluding tert-OH is 1. The number of aromatic nitrogens is 4. The van der Waals surface area contributed by atoms with E-state index in [1.807, 2.05) is 0 Å². The number of nitrogens with zero attached hydrogens (tertiary/aromatic N) is 5. The second-order valence-electron chi connectivity index (χ2n) is 8.02. The number of halogens is 6. The molecule has 2 N–H and O–H groups in total. The van der Waals surface area contributed by atoms with Gasteiger partial charge in [0.25, 0.3) is 5.89 Å². The molecule has 0 radical (unpaired) electrons. The van der Waals surface area contributed by atoms with Crippen molar-refractivity contribution in [3.8, 4) is 11.5 Å². The van der Waals surface area contributed by atoms with Crippen LogP contribution in [0.4, 0.5) is 37.8 Å². The van der Waals surface area contributed by atoms with Crippen LogP contribution in [0.1, 0.15) is 17.9 Å². The number of likely N-dealkylation sites (tertiary alicyclic amines) is 1. The fourth-order valence-corrected chi connectivity index (χ4v) is 3.78. The summed E-state index contributed by atoms with van der Waals surface area (Å²) in [7, 11) is 1.56. The van der Waals surface area contributed by atoms with Gasteiger partial charge in [-0.25, -0.2) is 0 Å². The second kappa shape index (κ2) is 8.65. The molecule has 3 aromatic rings. The van der Waals surface area contributed by atoms with E-state index in [2.05, 4.69) is 27.2 Å². The molecule has 3 heterocycles. The van der Waals surface area contributed by atoms with Crippen molar-refractivity contribution >= 4 is 17.4 Å². The van der Waals surface area contributed by atoms with Gasteiger partial charge in [0.05, 0.1) is 5.56 Å². The van der Waals surface area contributed by atoms with Crippen LogP contribution < -0.4 is 5.32 Å². The summed E-state index contributed by atoms with van der Waals surface area (Å²) in [6, 6.07) is 4.17. The SMILES string of the molecule is C=C[C@@]1(c2nnc(-c3cn(C)nc3Nc3ccc(C(F)(F)F)cc3)o2)CCN(C(O)C(F)(F)F)C1=O. The number of hydrogen-bond donors (Lipinski definition) is 2. The maximum Gasteiger partial charge on any atom is 0.433 e. The predicted molar refractivity (Wildman–Crippen MR) is 111 cm³/mol. The largest absolute Gasteiger partial charge is 0.433 e. The average Bonchev–Trinajstić information content (AvgIpc) is 3.50. The smallest absolute Gasteiger partial charge is 0.419 e. The summed E-state index contributed by atoms with van der Waals surface area (Å²) in [4.78, 5) is 13.1. The summed E-state index contributed by atoms with van der Waals surface area (Å²) in [6.07, 6.45) is -10.2. The van der Waals surface area contributed by atoms with Crippen LogP contribution in [0.2, 0.25) is 0 Å². The van der Waals surface area contributed by atoms with Gasteiger partial charge in [0.15, 0.2) is 5.82 Å². The number of rotatable bonds is 6. The van der Waals surface area contributed by atoms with E-state index in [0.29, 0.717) is 0 Å². The van der Waals surface area contributed by atoms with Crippen molar-refractivity contribution in [2.75, 3.05) is 11.9 Å².